The molecule has 0 saturated carbocycles. The lowest BCUT2D eigenvalue weighted by atomic mass is 10.2. The van der Waals surface area contributed by atoms with Crippen LogP contribution in [-0.2, 0) is 6.54 Å². The fourth-order valence-electron chi connectivity index (χ4n) is 1.27. The first kappa shape index (κ1) is 12.6. The van der Waals surface area contributed by atoms with Crippen LogP contribution in [0.5, 0.6) is 0 Å². The highest BCUT2D eigenvalue weighted by atomic mass is 32.2. The number of hydrogen-bond acceptors (Lipinski definition) is 3. The van der Waals surface area contributed by atoms with Crippen LogP contribution >= 0.6 is 11.8 Å². The molecule has 0 spiro atoms. The van der Waals surface area contributed by atoms with Crippen molar-refractivity contribution in [2.45, 2.75) is 18.4 Å². The molecule has 1 aromatic carbocycles. The minimum atomic E-state index is 0.248. The van der Waals surface area contributed by atoms with E-state index in [2.05, 4.69) is 35.8 Å². The molecule has 0 fully saturated rings. The maximum Gasteiger partial charge on any atom is 0.0468 e. The van der Waals surface area contributed by atoms with E-state index >= 15 is 0 Å². The average molecular weight is 225 g/mol. The number of rotatable bonds is 6. The van der Waals surface area contributed by atoms with Gasteiger partial charge in [0.2, 0.25) is 0 Å². The molecule has 15 heavy (non-hydrogen) atoms. The second-order valence-corrected chi connectivity index (χ2v) is 4.65. The van der Waals surface area contributed by atoms with Crippen molar-refractivity contribution in [1.29, 1.82) is 0 Å². The summed E-state index contributed by atoms with van der Waals surface area (Å²) in [7, 11) is 0. The SMILES string of the molecule is CSc1ccc(CNCC(C)CO)cc1. The molecule has 0 aliphatic heterocycles. The Hall–Kier alpha value is -0.510. The third kappa shape index (κ3) is 4.69. The highest BCUT2D eigenvalue weighted by Crippen LogP contribution is 2.14. The molecule has 1 unspecified atom stereocenters. The van der Waals surface area contributed by atoms with E-state index in [0.717, 1.165) is 13.1 Å². The lowest BCUT2D eigenvalue weighted by molar-refractivity contribution is 0.233. The van der Waals surface area contributed by atoms with Gasteiger partial charge in [-0.25, -0.2) is 0 Å². The van der Waals surface area contributed by atoms with Crippen LogP contribution in [-0.4, -0.2) is 24.5 Å². The van der Waals surface area contributed by atoms with Crippen LogP contribution in [0.2, 0.25) is 0 Å². The predicted octanol–water partition coefficient (Wildman–Crippen LogP) is 2.13. The van der Waals surface area contributed by atoms with Gasteiger partial charge in [0.15, 0.2) is 0 Å². The van der Waals surface area contributed by atoms with Crippen LogP contribution in [0.4, 0.5) is 0 Å². The Kier molecular flexibility index (Phi) is 5.76. The van der Waals surface area contributed by atoms with Gasteiger partial charge >= 0.3 is 0 Å². The third-order valence-corrected chi connectivity index (χ3v) is 3.04. The molecule has 0 amide bonds. The van der Waals surface area contributed by atoms with Crippen LogP contribution in [0.15, 0.2) is 29.2 Å². The Bertz CT molecular complexity index is 273. The Morgan fingerprint density at radius 3 is 2.53 bits per heavy atom. The molecule has 84 valence electrons. The highest BCUT2D eigenvalue weighted by Gasteiger charge is 1.99. The lowest BCUT2D eigenvalue weighted by Gasteiger charge is -2.09. The van der Waals surface area contributed by atoms with Gasteiger partial charge in [0.25, 0.3) is 0 Å². The van der Waals surface area contributed by atoms with Crippen molar-refractivity contribution in [3.63, 3.8) is 0 Å². The summed E-state index contributed by atoms with van der Waals surface area (Å²) in [5.74, 6) is 0.329. The van der Waals surface area contributed by atoms with E-state index in [1.165, 1.54) is 10.5 Å². The number of benzene rings is 1. The zero-order valence-corrected chi connectivity index (χ0v) is 10.2. The summed E-state index contributed by atoms with van der Waals surface area (Å²) in [4.78, 5) is 1.29. The molecule has 0 bridgehead atoms. The first-order valence-electron chi connectivity index (χ1n) is 5.20. The topological polar surface area (TPSA) is 32.3 Å². The lowest BCUT2D eigenvalue weighted by Crippen LogP contribution is -2.22. The normalized spacial score (nSPS) is 12.7. The van der Waals surface area contributed by atoms with Gasteiger partial charge < -0.3 is 10.4 Å². The van der Waals surface area contributed by atoms with E-state index in [4.69, 9.17) is 5.11 Å². The first-order chi connectivity index (χ1) is 7.26. The number of aliphatic hydroxyl groups is 1. The fraction of sp³-hybridized carbons (Fsp3) is 0.500. The zero-order valence-electron chi connectivity index (χ0n) is 9.36. The summed E-state index contributed by atoms with van der Waals surface area (Å²) < 4.78 is 0. The Labute approximate surface area is 96.1 Å². The summed E-state index contributed by atoms with van der Waals surface area (Å²) in [6.45, 7) is 4.02. The maximum absolute atomic E-state index is 8.86. The van der Waals surface area contributed by atoms with Gasteiger partial charge in [0.05, 0.1) is 0 Å². The molecular formula is C12H19NOS. The highest BCUT2D eigenvalue weighted by molar-refractivity contribution is 7.98. The summed E-state index contributed by atoms with van der Waals surface area (Å²) in [6, 6.07) is 8.55. The van der Waals surface area contributed by atoms with Gasteiger partial charge in [-0.3, -0.25) is 0 Å². The van der Waals surface area contributed by atoms with Crippen LogP contribution in [0, 0.1) is 5.92 Å². The number of nitrogens with one attached hydrogen (secondary N) is 1. The summed E-state index contributed by atoms with van der Waals surface area (Å²) >= 11 is 1.76. The largest absolute Gasteiger partial charge is 0.396 e. The van der Waals surface area contributed by atoms with Crippen molar-refractivity contribution >= 4 is 11.8 Å². The van der Waals surface area contributed by atoms with Crippen molar-refractivity contribution in [3.8, 4) is 0 Å². The van der Waals surface area contributed by atoms with E-state index in [-0.39, 0.29) is 6.61 Å². The summed E-state index contributed by atoms with van der Waals surface area (Å²) in [6.07, 6.45) is 2.08. The third-order valence-electron chi connectivity index (χ3n) is 2.29. The Balaban J connectivity index is 2.31. The Morgan fingerprint density at radius 2 is 2.00 bits per heavy atom. The molecule has 0 saturated heterocycles. The van der Waals surface area contributed by atoms with Crippen molar-refractivity contribution in [1.82, 2.24) is 5.32 Å². The molecule has 0 radical (unpaired) electrons. The summed E-state index contributed by atoms with van der Waals surface area (Å²) in [5, 5.41) is 12.2. The van der Waals surface area contributed by atoms with Crippen molar-refractivity contribution in [2.75, 3.05) is 19.4 Å². The molecular weight excluding hydrogens is 206 g/mol. The van der Waals surface area contributed by atoms with Crippen LogP contribution in [0.3, 0.4) is 0 Å². The van der Waals surface area contributed by atoms with Gasteiger partial charge in [-0.15, -0.1) is 11.8 Å². The van der Waals surface area contributed by atoms with E-state index in [1.807, 2.05) is 6.92 Å². The molecule has 1 aromatic rings. The van der Waals surface area contributed by atoms with E-state index in [1.54, 1.807) is 11.8 Å². The minimum Gasteiger partial charge on any atom is -0.396 e. The second kappa shape index (κ2) is 6.88. The molecule has 0 heterocycles. The quantitative estimate of drug-likeness (QED) is 0.727. The van der Waals surface area contributed by atoms with Crippen LogP contribution < -0.4 is 5.32 Å². The summed E-state index contributed by atoms with van der Waals surface area (Å²) in [5.41, 5.74) is 1.29. The molecule has 2 N–H and O–H groups in total. The van der Waals surface area contributed by atoms with Crippen molar-refractivity contribution in [3.05, 3.63) is 29.8 Å². The maximum atomic E-state index is 8.86. The molecule has 3 heteroatoms. The zero-order chi connectivity index (χ0) is 11.1. The van der Waals surface area contributed by atoms with Crippen LogP contribution in [0.25, 0.3) is 0 Å². The molecule has 0 aromatic heterocycles. The average Bonchev–Trinajstić information content (AvgIpc) is 2.29. The number of hydrogen-bond donors (Lipinski definition) is 2. The van der Waals surface area contributed by atoms with Gasteiger partial charge in [0, 0.05) is 24.6 Å². The number of thioether (sulfide) groups is 1. The predicted molar refractivity (Wildman–Crippen MR) is 66.2 cm³/mol. The smallest absolute Gasteiger partial charge is 0.0468 e. The van der Waals surface area contributed by atoms with Crippen molar-refractivity contribution in [2.24, 2.45) is 5.92 Å². The molecule has 1 atom stereocenters. The van der Waals surface area contributed by atoms with Gasteiger partial charge in [0.1, 0.15) is 0 Å². The van der Waals surface area contributed by atoms with Gasteiger partial charge in [-0.1, -0.05) is 19.1 Å². The molecule has 0 aliphatic rings. The van der Waals surface area contributed by atoms with Crippen LogP contribution in [0.1, 0.15) is 12.5 Å². The molecule has 0 aliphatic carbocycles. The van der Waals surface area contributed by atoms with Crippen molar-refractivity contribution < 1.29 is 5.11 Å². The number of aliphatic hydroxyl groups excluding tert-OH is 1. The standard InChI is InChI=1S/C12H19NOS/c1-10(9-14)7-13-8-11-3-5-12(15-2)6-4-11/h3-6,10,13-14H,7-9H2,1-2H3. The Morgan fingerprint density at radius 1 is 1.33 bits per heavy atom. The van der Waals surface area contributed by atoms with E-state index in [9.17, 15) is 0 Å². The van der Waals surface area contributed by atoms with E-state index < -0.39 is 0 Å². The second-order valence-electron chi connectivity index (χ2n) is 3.77. The minimum absolute atomic E-state index is 0.248. The van der Waals surface area contributed by atoms with E-state index in [0.29, 0.717) is 5.92 Å². The van der Waals surface area contributed by atoms with Gasteiger partial charge in [-0.05, 0) is 29.9 Å². The monoisotopic (exact) mass is 225 g/mol. The van der Waals surface area contributed by atoms with Gasteiger partial charge in [-0.2, -0.15) is 0 Å². The molecule has 1 rings (SSSR count). The fourth-order valence-corrected chi connectivity index (χ4v) is 1.68. The first-order valence-corrected chi connectivity index (χ1v) is 6.43. The molecule has 2 nitrogen and oxygen atoms in total.